The van der Waals surface area contributed by atoms with Gasteiger partial charge in [-0.1, -0.05) is 53.9 Å². The van der Waals surface area contributed by atoms with Crippen molar-refractivity contribution in [3.63, 3.8) is 0 Å². The summed E-state index contributed by atoms with van der Waals surface area (Å²) < 4.78 is 8.18. The first-order chi connectivity index (χ1) is 17.6. The number of para-hydroxylation sites is 2. The number of unbranched alkanes of at least 4 members (excludes halogenated alkanes) is 3. The van der Waals surface area contributed by atoms with E-state index in [1.54, 1.807) is 12.1 Å². The van der Waals surface area contributed by atoms with Gasteiger partial charge in [0.25, 0.3) is 5.91 Å². The molecule has 0 radical (unpaired) electrons. The van der Waals surface area contributed by atoms with E-state index in [4.69, 9.17) is 32.9 Å². The summed E-state index contributed by atoms with van der Waals surface area (Å²) in [7, 11) is 0. The van der Waals surface area contributed by atoms with E-state index in [-0.39, 0.29) is 5.91 Å². The zero-order chi connectivity index (χ0) is 25.2. The first-order valence-electron chi connectivity index (χ1n) is 12.5. The average molecular weight is 524 g/mol. The van der Waals surface area contributed by atoms with Crippen LogP contribution in [0.4, 0.5) is 0 Å². The number of nitrogens with zero attached hydrogens (tertiary/aromatic N) is 2. The van der Waals surface area contributed by atoms with Crippen LogP contribution in [0.3, 0.4) is 0 Å². The summed E-state index contributed by atoms with van der Waals surface area (Å²) in [5, 5.41) is 4.15. The third-order valence-corrected chi connectivity index (χ3v) is 6.65. The lowest BCUT2D eigenvalue weighted by Gasteiger charge is -2.11. The fourth-order valence-corrected chi connectivity index (χ4v) is 4.53. The first kappa shape index (κ1) is 26.1. The maximum atomic E-state index is 12.3. The summed E-state index contributed by atoms with van der Waals surface area (Å²) >= 11 is 12.0. The van der Waals surface area contributed by atoms with Gasteiger partial charge >= 0.3 is 0 Å². The van der Waals surface area contributed by atoms with E-state index in [1.807, 2.05) is 42.5 Å². The van der Waals surface area contributed by atoms with Gasteiger partial charge in [-0.3, -0.25) is 4.79 Å². The van der Waals surface area contributed by atoms with Crippen LogP contribution in [-0.2, 0) is 13.0 Å². The third kappa shape index (κ3) is 7.25. The number of aryl methyl sites for hydroxylation is 2. The van der Waals surface area contributed by atoms with Crippen LogP contribution in [0, 0.1) is 0 Å². The van der Waals surface area contributed by atoms with Crippen LogP contribution < -0.4 is 10.1 Å². The SMILES string of the molecule is O=C(NCCCCCc1nc2ccccc2n1CCCCOc1ccc(Cl)cc1)c1ccccc1Cl. The normalized spacial score (nSPS) is 11.1. The van der Waals surface area contributed by atoms with Crippen LogP contribution in [0.15, 0.2) is 72.8 Å². The Morgan fingerprint density at radius 3 is 2.47 bits per heavy atom. The molecule has 5 nitrogen and oxygen atoms in total. The number of carbonyl (C=O) groups is 1. The van der Waals surface area contributed by atoms with Gasteiger partial charge in [0.2, 0.25) is 0 Å². The smallest absolute Gasteiger partial charge is 0.252 e. The van der Waals surface area contributed by atoms with Crippen LogP contribution in [0.5, 0.6) is 5.75 Å². The minimum atomic E-state index is -0.123. The molecule has 0 unspecified atom stereocenters. The van der Waals surface area contributed by atoms with Gasteiger partial charge in [-0.25, -0.2) is 4.98 Å². The molecule has 0 saturated heterocycles. The molecule has 7 heteroatoms. The second kappa shape index (κ2) is 13.3. The Labute approximate surface area is 222 Å². The fourth-order valence-electron chi connectivity index (χ4n) is 4.19. The number of hydrogen-bond donors (Lipinski definition) is 1. The van der Waals surface area contributed by atoms with Crippen LogP contribution in [0.2, 0.25) is 10.0 Å². The number of fused-ring (bicyclic) bond motifs is 1. The van der Waals surface area contributed by atoms with E-state index in [1.165, 1.54) is 5.52 Å². The number of imidazole rings is 1. The summed E-state index contributed by atoms with van der Waals surface area (Å²) in [6.45, 7) is 2.21. The molecule has 1 N–H and O–H groups in total. The van der Waals surface area contributed by atoms with Crippen molar-refractivity contribution in [2.45, 2.75) is 45.1 Å². The highest BCUT2D eigenvalue weighted by Crippen LogP contribution is 2.20. The molecule has 1 heterocycles. The number of benzene rings is 3. The van der Waals surface area contributed by atoms with Crippen LogP contribution >= 0.6 is 23.2 Å². The van der Waals surface area contributed by atoms with Crippen LogP contribution in [0.1, 0.15) is 48.3 Å². The van der Waals surface area contributed by atoms with Gasteiger partial charge in [0.05, 0.1) is 28.2 Å². The molecular weight excluding hydrogens is 493 g/mol. The van der Waals surface area contributed by atoms with E-state index in [0.29, 0.717) is 28.8 Å². The van der Waals surface area contributed by atoms with Gasteiger partial charge < -0.3 is 14.6 Å². The predicted molar refractivity (Wildman–Crippen MR) is 147 cm³/mol. The Hall–Kier alpha value is -3.02. The molecule has 1 aromatic heterocycles. The van der Waals surface area contributed by atoms with Gasteiger partial charge in [-0.05, 0) is 74.2 Å². The summed E-state index contributed by atoms with van der Waals surface area (Å²) in [4.78, 5) is 17.2. The second-order valence-electron chi connectivity index (χ2n) is 8.72. The maximum absolute atomic E-state index is 12.3. The molecule has 0 saturated carbocycles. The summed E-state index contributed by atoms with van der Waals surface area (Å²) in [6.07, 6.45) is 5.83. The lowest BCUT2D eigenvalue weighted by atomic mass is 10.1. The second-order valence-corrected chi connectivity index (χ2v) is 9.57. The quantitative estimate of drug-likeness (QED) is 0.186. The van der Waals surface area contributed by atoms with Crippen molar-refractivity contribution in [1.29, 1.82) is 0 Å². The molecule has 188 valence electrons. The molecule has 0 atom stereocenters. The highest BCUT2D eigenvalue weighted by molar-refractivity contribution is 6.33. The molecule has 0 aliphatic rings. The molecule has 4 rings (SSSR count). The van der Waals surface area contributed by atoms with E-state index in [0.717, 1.165) is 62.2 Å². The fraction of sp³-hybridized carbons (Fsp3) is 0.310. The van der Waals surface area contributed by atoms with Crippen molar-refractivity contribution in [2.75, 3.05) is 13.2 Å². The van der Waals surface area contributed by atoms with Gasteiger partial charge in [0.1, 0.15) is 11.6 Å². The van der Waals surface area contributed by atoms with Crippen LogP contribution in [-0.4, -0.2) is 28.6 Å². The first-order valence-corrected chi connectivity index (χ1v) is 13.2. The molecule has 0 fully saturated rings. The summed E-state index contributed by atoms with van der Waals surface area (Å²) in [6, 6.07) is 22.9. The number of rotatable bonds is 13. The highest BCUT2D eigenvalue weighted by atomic mass is 35.5. The molecule has 1 amide bonds. The lowest BCUT2D eigenvalue weighted by molar-refractivity contribution is 0.0953. The zero-order valence-electron chi connectivity index (χ0n) is 20.3. The third-order valence-electron chi connectivity index (χ3n) is 6.07. The minimum Gasteiger partial charge on any atom is -0.494 e. The predicted octanol–water partition coefficient (Wildman–Crippen LogP) is 7.35. The molecule has 0 aliphatic carbocycles. The largest absolute Gasteiger partial charge is 0.494 e. The monoisotopic (exact) mass is 523 g/mol. The Balaban J connectivity index is 1.22. The van der Waals surface area contributed by atoms with Crippen molar-refractivity contribution in [3.05, 3.63) is 94.2 Å². The Morgan fingerprint density at radius 1 is 0.861 bits per heavy atom. The van der Waals surface area contributed by atoms with Gasteiger partial charge in [0, 0.05) is 24.5 Å². The molecule has 0 aliphatic heterocycles. The van der Waals surface area contributed by atoms with E-state index in [2.05, 4.69) is 28.1 Å². The molecule has 36 heavy (non-hydrogen) atoms. The molecule has 0 spiro atoms. The van der Waals surface area contributed by atoms with Crippen molar-refractivity contribution >= 4 is 40.1 Å². The lowest BCUT2D eigenvalue weighted by Crippen LogP contribution is -2.24. The summed E-state index contributed by atoms with van der Waals surface area (Å²) in [5.41, 5.74) is 2.74. The van der Waals surface area contributed by atoms with Crippen molar-refractivity contribution < 1.29 is 9.53 Å². The van der Waals surface area contributed by atoms with Gasteiger partial charge in [-0.15, -0.1) is 0 Å². The Kier molecular flexibility index (Phi) is 9.65. The number of amides is 1. The Bertz CT molecular complexity index is 1270. The number of ether oxygens (including phenoxy) is 1. The number of nitrogens with one attached hydrogen (secondary N) is 1. The maximum Gasteiger partial charge on any atom is 0.252 e. The average Bonchev–Trinajstić information content (AvgIpc) is 3.24. The van der Waals surface area contributed by atoms with E-state index >= 15 is 0 Å². The van der Waals surface area contributed by atoms with Crippen molar-refractivity contribution in [2.24, 2.45) is 0 Å². The van der Waals surface area contributed by atoms with E-state index < -0.39 is 0 Å². The molecule has 3 aromatic carbocycles. The zero-order valence-corrected chi connectivity index (χ0v) is 21.8. The van der Waals surface area contributed by atoms with Crippen molar-refractivity contribution in [1.82, 2.24) is 14.9 Å². The molecule has 4 aromatic rings. The topological polar surface area (TPSA) is 56.2 Å². The highest BCUT2D eigenvalue weighted by Gasteiger charge is 2.11. The van der Waals surface area contributed by atoms with Gasteiger partial charge in [0.15, 0.2) is 0 Å². The minimum absolute atomic E-state index is 0.123. The Morgan fingerprint density at radius 2 is 1.64 bits per heavy atom. The molecule has 0 bridgehead atoms. The number of carbonyl (C=O) groups excluding carboxylic acids is 1. The van der Waals surface area contributed by atoms with Crippen LogP contribution in [0.25, 0.3) is 11.0 Å². The van der Waals surface area contributed by atoms with E-state index in [9.17, 15) is 4.79 Å². The van der Waals surface area contributed by atoms with Crippen molar-refractivity contribution in [3.8, 4) is 5.75 Å². The number of hydrogen-bond acceptors (Lipinski definition) is 3. The number of halogens is 2. The molecular formula is C29H31Cl2N3O2. The van der Waals surface area contributed by atoms with Gasteiger partial charge in [-0.2, -0.15) is 0 Å². The number of aromatic nitrogens is 2. The standard InChI is InChI=1S/C29H31Cl2N3O2/c30-22-15-17-23(18-16-22)36-21-9-8-20-34-27-13-6-5-12-26(27)33-28(34)14-2-1-7-19-32-29(35)24-10-3-4-11-25(24)31/h3-6,10-13,15-18H,1-2,7-9,14,19-21H2,(H,32,35). The summed E-state index contributed by atoms with van der Waals surface area (Å²) in [5.74, 6) is 1.84.